The fourth-order valence-corrected chi connectivity index (χ4v) is 5.20. The lowest BCUT2D eigenvalue weighted by Gasteiger charge is -2.28. The van der Waals surface area contributed by atoms with E-state index >= 15 is 0 Å². The molecule has 2 aromatic carbocycles. The van der Waals surface area contributed by atoms with E-state index in [1.165, 1.54) is 30.5 Å². The standard InChI is InChI=1S/C21H18F4N2O4S2/c22-7-5-13-11-14(21(23,24)25)1-4-17(13)31-18-6-9-30-19-12-15(2-3-16(18)19)33(28,29)27-20-26-8-10-32-20/h1-4,8,10-12,18H,5-7,9H2,(H,26,27)/t18-/m1/s1. The maximum atomic E-state index is 13.0. The number of anilines is 1. The Balaban J connectivity index is 1.60. The third-order valence-electron chi connectivity index (χ3n) is 4.95. The van der Waals surface area contributed by atoms with Crippen molar-refractivity contribution in [2.45, 2.75) is 30.0 Å². The third kappa shape index (κ3) is 5.22. The van der Waals surface area contributed by atoms with Gasteiger partial charge < -0.3 is 9.47 Å². The molecule has 4 rings (SSSR count). The Hall–Kier alpha value is -2.86. The van der Waals surface area contributed by atoms with Gasteiger partial charge in [-0.2, -0.15) is 13.2 Å². The van der Waals surface area contributed by atoms with Gasteiger partial charge in [-0.05, 0) is 29.8 Å². The molecule has 33 heavy (non-hydrogen) atoms. The van der Waals surface area contributed by atoms with Crippen LogP contribution in [0.4, 0.5) is 22.7 Å². The zero-order valence-corrected chi connectivity index (χ0v) is 18.6. The molecule has 0 amide bonds. The zero-order chi connectivity index (χ0) is 23.6. The molecular formula is C21H18F4N2O4S2. The van der Waals surface area contributed by atoms with E-state index in [2.05, 4.69) is 9.71 Å². The predicted molar refractivity (Wildman–Crippen MR) is 114 cm³/mol. The second-order valence-electron chi connectivity index (χ2n) is 7.15. The number of fused-ring (bicyclic) bond motifs is 1. The number of benzene rings is 2. The van der Waals surface area contributed by atoms with Crippen LogP contribution < -0.4 is 14.2 Å². The summed E-state index contributed by atoms with van der Waals surface area (Å²) in [5, 5.41) is 1.85. The molecule has 0 radical (unpaired) electrons. The third-order valence-corrected chi connectivity index (χ3v) is 7.11. The Morgan fingerprint density at radius 2 is 2.03 bits per heavy atom. The number of aromatic nitrogens is 1. The van der Waals surface area contributed by atoms with E-state index in [4.69, 9.17) is 9.47 Å². The second kappa shape index (κ2) is 9.18. The van der Waals surface area contributed by atoms with Crippen molar-refractivity contribution in [2.24, 2.45) is 0 Å². The molecule has 0 bridgehead atoms. The Kier molecular flexibility index (Phi) is 6.48. The highest BCUT2D eigenvalue weighted by Crippen LogP contribution is 2.39. The quantitative estimate of drug-likeness (QED) is 0.439. The minimum Gasteiger partial charge on any atom is -0.493 e. The van der Waals surface area contributed by atoms with Crippen molar-refractivity contribution in [2.75, 3.05) is 18.0 Å². The van der Waals surface area contributed by atoms with Crippen molar-refractivity contribution in [3.63, 3.8) is 0 Å². The Morgan fingerprint density at radius 1 is 1.21 bits per heavy atom. The van der Waals surface area contributed by atoms with Gasteiger partial charge >= 0.3 is 6.18 Å². The summed E-state index contributed by atoms with van der Waals surface area (Å²) in [4.78, 5) is 3.86. The number of nitrogens with one attached hydrogen (secondary N) is 1. The summed E-state index contributed by atoms with van der Waals surface area (Å²) in [5.41, 5.74) is -0.235. The molecular weight excluding hydrogens is 484 g/mol. The molecule has 1 aliphatic rings. The molecule has 0 saturated heterocycles. The first kappa shape index (κ1) is 23.3. The van der Waals surface area contributed by atoms with Crippen LogP contribution in [-0.2, 0) is 22.6 Å². The highest BCUT2D eigenvalue weighted by molar-refractivity contribution is 7.93. The lowest BCUT2D eigenvalue weighted by atomic mass is 10.0. The largest absolute Gasteiger partial charge is 0.493 e. The average molecular weight is 503 g/mol. The molecule has 0 fully saturated rings. The molecule has 0 unspecified atom stereocenters. The average Bonchev–Trinajstić information content (AvgIpc) is 3.26. The topological polar surface area (TPSA) is 77.5 Å². The number of ether oxygens (including phenoxy) is 2. The summed E-state index contributed by atoms with van der Waals surface area (Å²) in [6.07, 6.45) is -3.53. The van der Waals surface area contributed by atoms with Gasteiger partial charge in [-0.25, -0.2) is 13.4 Å². The SMILES string of the molecule is O=S(=O)(Nc1nccs1)c1ccc2c(c1)OCC[C@H]2Oc1ccc(C(F)(F)F)cc1CCF. The predicted octanol–water partition coefficient (Wildman–Crippen LogP) is 5.38. The lowest BCUT2D eigenvalue weighted by Crippen LogP contribution is -2.20. The fraction of sp³-hybridized carbons (Fsp3) is 0.286. The highest BCUT2D eigenvalue weighted by atomic mass is 32.2. The van der Waals surface area contributed by atoms with Crippen LogP contribution in [0.5, 0.6) is 11.5 Å². The first-order chi connectivity index (χ1) is 15.7. The van der Waals surface area contributed by atoms with Gasteiger partial charge in [0.2, 0.25) is 0 Å². The van der Waals surface area contributed by atoms with E-state index in [9.17, 15) is 26.0 Å². The molecule has 0 aliphatic carbocycles. The van der Waals surface area contributed by atoms with Crippen molar-refractivity contribution < 1.29 is 35.5 Å². The van der Waals surface area contributed by atoms with Crippen molar-refractivity contribution >= 4 is 26.5 Å². The van der Waals surface area contributed by atoms with Gasteiger partial charge in [0.05, 0.1) is 23.7 Å². The number of rotatable bonds is 7. The number of aryl methyl sites for hydroxylation is 1. The number of thiazole rings is 1. The smallest absolute Gasteiger partial charge is 0.416 e. The van der Waals surface area contributed by atoms with Crippen LogP contribution in [0.3, 0.4) is 0 Å². The number of hydrogen-bond donors (Lipinski definition) is 1. The minimum atomic E-state index is -4.55. The van der Waals surface area contributed by atoms with Gasteiger partial charge in [0.1, 0.15) is 17.6 Å². The molecule has 3 aromatic rings. The molecule has 1 aromatic heterocycles. The summed E-state index contributed by atoms with van der Waals surface area (Å²) in [6, 6.07) is 7.23. The van der Waals surface area contributed by atoms with Crippen LogP contribution in [0.25, 0.3) is 0 Å². The number of sulfonamides is 1. The highest BCUT2D eigenvalue weighted by Gasteiger charge is 2.32. The summed E-state index contributed by atoms with van der Waals surface area (Å²) in [5.74, 6) is 0.424. The maximum absolute atomic E-state index is 13.0. The van der Waals surface area contributed by atoms with Crippen LogP contribution >= 0.6 is 11.3 Å². The van der Waals surface area contributed by atoms with Crippen LogP contribution in [0.1, 0.15) is 29.2 Å². The molecule has 6 nitrogen and oxygen atoms in total. The van der Waals surface area contributed by atoms with E-state index < -0.39 is 34.5 Å². The molecule has 2 heterocycles. The molecule has 176 valence electrons. The van der Waals surface area contributed by atoms with Crippen molar-refractivity contribution in [1.29, 1.82) is 0 Å². The normalized spacial score (nSPS) is 16.1. The minimum absolute atomic E-state index is 0.0373. The number of hydrogen-bond acceptors (Lipinski definition) is 6. The summed E-state index contributed by atoms with van der Waals surface area (Å²) in [7, 11) is -3.90. The summed E-state index contributed by atoms with van der Waals surface area (Å²) >= 11 is 1.13. The Bertz CT molecular complexity index is 1230. The summed E-state index contributed by atoms with van der Waals surface area (Å²) in [6.45, 7) is -0.629. The van der Waals surface area contributed by atoms with E-state index in [-0.39, 0.29) is 40.1 Å². The van der Waals surface area contributed by atoms with Gasteiger partial charge in [-0.1, -0.05) is 6.07 Å². The van der Waals surface area contributed by atoms with Gasteiger partial charge in [0.15, 0.2) is 5.13 Å². The molecule has 0 spiro atoms. The first-order valence-electron chi connectivity index (χ1n) is 9.79. The first-order valence-corrected chi connectivity index (χ1v) is 12.2. The fourth-order valence-electron chi connectivity index (χ4n) is 3.40. The van der Waals surface area contributed by atoms with Crippen LogP contribution in [0.15, 0.2) is 52.9 Å². The number of halogens is 4. The van der Waals surface area contributed by atoms with E-state index in [1.807, 2.05) is 0 Å². The van der Waals surface area contributed by atoms with E-state index in [0.717, 1.165) is 23.5 Å². The lowest BCUT2D eigenvalue weighted by molar-refractivity contribution is -0.137. The van der Waals surface area contributed by atoms with Crippen LogP contribution in [0.2, 0.25) is 0 Å². The van der Waals surface area contributed by atoms with Gasteiger partial charge in [0, 0.05) is 36.0 Å². The molecule has 1 atom stereocenters. The Labute approximate surface area is 191 Å². The van der Waals surface area contributed by atoms with E-state index in [0.29, 0.717) is 12.0 Å². The summed E-state index contributed by atoms with van der Waals surface area (Å²) < 4.78 is 91.3. The zero-order valence-electron chi connectivity index (χ0n) is 16.9. The van der Waals surface area contributed by atoms with Gasteiger partial charge in [-0.15, -0.1) is 11.3 Å². The van der Waals surface area contributed by atoms with Crippen molar-refractivity contribution in [1.82, 2.24) is 4.98 Å². The number of nitrogens with zero attached hydrogens (tertiary/aromatic N) is 1. The monoisotopic (exact) mass is 502 g/mol. The van der Waals surface area contributed by atoms with Crippen LogP contribution in [0, 0.1) is 0 Å². The van der Waals surface area contributed by atoms with Crippen molar-refractivity contribution in [3.8, 4) is 11.5 Å². The Morgan fingerprint density at radius 3 is 2.73 bits per heavy atom. The van der Waals surface area contributed by atoms with Gasteiger partial charge in [-0.3, -0.25) is 9.11 Å². The molecule has 12 heteroatoms. The second-order valence-corrected chi connectivity index (χ2v) is 9.72. The van der Waals surface area contributed by atoms with Gasteiger partial charge in [0.25, 0.3) is 10.0 Å². The molecule has 1 N–H and O–H groups in total. The number of alkyl halides is 4. The maximum Gasteiger partial charge on any atom is 0.416 e. The molecule has 1 aliphatic heterocycles. The molecule has 0 saturated carbocycles. The van der Waals surface area contributed by atoms with Crippen LogP contribution in [-0.4, -0.2) is 26.7 Å². The van der Waals surface area contributed by atoms with E-state index in [1.54, 1.807) is 5.38 Å². The van der Waals surface area contributed by atoms with Crippen molar-refractivity contribution in [3.05, 3.63) is 64.7 Å².